The van der Waals surface area contributed by atoms with Gasteiger partial charge in [-0.3, -0.25) is 25.1 Å². The molecule has 0 saturated heterocycles. The summed E-state index contributed by atoms with van der Waals surface area (Å²) in [4.78, 5) is 0. The second kappa shape index (κ2) is 34.2. The normalized spacial score (nSPS) is 11.5. The van der Waals surface area contributed by atoms with Crippen LogP contribution in [-0.4, -0.2) is 91.3 Å². The van der Waals surface area contributed by atoms with Crippen molar-refractivity contribution >= 4 is 81.0 Å². The smallest absolute Gasteiger partial charge is 0.231 e. The Bertz CT molecular complexity index is 5550. The molecule has 15 aromatic rings. The van der Waals surface area contributed by atoms with Gasteiger partial charge in [0.2, 0.25) is 13.6 Å². The molecule has 0 bridgehead atoms. The number of fused-ring (bicyclic) bond motifs is 2. The third-order valence-corrected chi connectivity index (χ3v) is 18.9. The van der Waals surface area contributed by atoms with E-state index in [4.69, 9.17) is 36.3 Å². The molecule has 0 radical (unpaired) electrons. The lowest BCUT2D eigenvalue weighted by atomic mass is 10.0. The average molecular weight is 1690 g/mol. The van der Waals surface area contributed by atoms with E-state index >= 15 is 0 Å². The number of nitrogen functional groups attached to an aromatic ring is 1. The second-order valence-electron chi connectivity index (χ2n) is 23.8. The zero-order valence-corrected chi connectivity index (χ0v) is 63.0. The molecule has 10 aromatic carbocycles. The summed E-state index contributed by atoms with van der Waals surface area (Å²) >= 11 is 19.8. The first-order valence-corrected chi connectivity index (χ1v) is 36.3. The number of phenolic OH excluding ortho intramolecular Hbond substituents is 2. The molecule has 0 aliphatic carbocycles. The highest BCUT2D eigenvalue weighted by atomic mass is 79.9. The minimum atomic E-state index is -0.469. The molecule has 0 amide bonds. The van der Waals surface area contributed by atoms with Gasteiger partial charge < -0.3 is 45.1 Å². The van der Waals surface area contributed by atoms with Crippen LogP contribution in [0.25, 0.3) is 113 Å². The number of H-pyrrole nitrogens is 4. The SMILES string of the molecule is Brc1cccc(-c2cc(-c3ccc4c(c3)OCO4)[nH]n2)c1.FCCn1nc(-c2ccc3c(c2)OCO3)cc1-c1cccc(Br)c1.Nc1ccc(-c2cc(-c3cccc(Cl)c3)n[nH]2)cc1.OCc1ccc(-c2cc(-c3cccc(Br)c3)n[nH]2)cc1CO.Oc1ccc(-c2cc(-c3cccc(Br)c3)n[nH]2)cc1O. The van der Waals surface area contributed by atoms with Gasteiger partial charge in [0.15, 0.2) is 34.5 Å². The highest BCUT2D eigenvalue weighted by molar-refractivity contribution is 9.11. The Morgan fingerprint density at radius 1 is 0.387 bits per heavy atom. The van der Waals surface area contributed by atoms with E-state index in [1.165, 1.54) is 12.1 Å². The molecule has 0 fully saturated rings. The summed E-state index contributed by atoms with van der Waals surface area (Å²) in [6.45, 7) is 0.0812. The molecular formula is C81H63Br4ClFN11O8. The number of aliphatic hydroxyl groups excluding tert-OH is 2. The van der Waals surface area contributed by atoms with Crippen molar-refractivity contribution < 1.29 is 43.8 Å². The van der Waals surface area contributed by atoms with Crippen LogP contribution in [0.2, 0.25) is 5.02 Å². The van der Waals surface area contributed by atoms with Crippen molar-refractivity contribution in [2.75, 3.05) is 26.0 Å². The van der Waals surface area contributed by atoms with Crippen LogP contribution in [0.15, 0.2) is 267 Å². The van der Waals surface area contributed by atoms with Crippen LogP contribution in [0.4, 0.5) is 10.1 Å². The molecule has 2 aliphatic rings. The molecule has 17 rings (SSSR count). The fourth-order valence-corrected chi connectivity index (χ4v) is 13.1. The van der Waals surface area contributed by atoms with Crippen molar-refractivity contribution in [2.45, 2.75) is 19.8 Å². The molecule has 0 saturated carbocycles. The molecular weight excluding hydrogens is 1630 g/mol. The van der Waals surface area contributed by atoms with Crippen molar-refractivity contribution in [3.05, 3.63) is 283 Å². The van der Waals surface area contributed by atoms with Gasteiger partial charge in [0.25, 0.3) is 0 Å². The number of hydrogen-bond acceptors (Lipinski definition) is 14. The van der Waals surface area contributed by atoms with E-state index in [-0.39, 0.29) is 44.8 Å². The molecule has 106 heavy (non-hydrogen) atoms. The van der Waals surface area contributed by atoms with Crippen molar-refractivity contribution in [2.24, 2.45) is 0 Å². The number of aliphatic hydroxyl groups is 2. The van der Waals surface area contributed by atoms with Crippen LogP contribution < -0.4 is 24.7 Å². The molecule has 0 spiro atoms. The first-order valence-electron chi connectivity index (χ1n) is 32.8. The lowest BCUT2D eigenvalue weighted by Gasteiger charge is -2.06. The molecule has 2 aliphatic heterocycles. The number of benzene rings is 10. The largest absolute Gasteiger partial charge is 0.504 e. The molecule has 532 valence electrons. The van der Waals surface area contributed by atoms with Gasteiger partial charge in [-0.25, -0.2) is 4.39 Å². The van der Waals surface area contributed by atoms with E-state index in [9.17, 15) is 24.8 Å². The van der Waals surface area contributed by atoms with Crippen LogP contribution in [0.3, 0.4) is 0 Å². The number of ether oxygens (including phenoxy) is 4. The Hall–Kier alpha value is -11.1. The molecule has 0 unspecified atom stereocenters. The van der Waals surface area contributed by atoms with E-state index in [1.54, 1.807) is 10.7 Å². The first kappa shape index (κ1) is 73.2. The number of halogens is 6. The summed E-state index contributed by atoms with van der Waals surface area (Å²) in [7, 11) is 0. The van der Waals surface area contributed by atoms with Gasteiger partial charge in [-0.2, -0.15) is 25.5 Å². The van der Waals surface area contributed by atoms with Crippen LogP contribution in [-0.2, 0) is 19.8 Å². The van der Waals surface area contributed by atoms with E-state index in [0.717, 1.165) is 165 Å². The van der Waals surface area contributed by atoms with Crippen molar-refractivity contribution in [1.82, 2.24) is 50.6 Å². The molecule has 5 aromatic heterocycles. The number of aromatic nitrogens is 10. The number of alkyl halides is 1. The Morgan fingerprint density at radius 3 is 1.26 bits per heavy atom. The highest BCUT2D eigenvalue weighted by Crippen LogP contribution is 2.40. The number of aromatic hydroxyl groups is 2. The van der Waals surface area contributed by atoms with E-state index in [1.807, 2.05) is 231 Å². The monoisotopic (exact) mass is 1690 g/mol. The number of aryl methyl sites for hydroxylation is 1. The van der Waals surface area contributed by atoms with Crippen molar-refractivity contribution in [1.29, 1.82) is 0 Å². The number of anilines is 1. The summed E-state index contributed by atoms with van der Waals surface area (Å²) in [5, 5.41) is 72.1. The van der Waals surface area contributed by atoms with Gasteiger partial charge in [-0.05, 0) is 186 Å². The van der Waals surface area contributed by atoms with Gasteiger partial charge >= 0.3 is 0 Å². The number of hydrogen-bond donors (Lipinski definition) is 9. The van der Waals surface area contributed by atoms with Crippen LogP contribution >= 0.6 is 75.3 Å². The Kier molecular flexibility index (Phi) is 23.6. The van der Waals surface area contributed by atoms with Crippen molar-refractivity contribution in [3.63, 3.8) is 0 Å². The van der Waals surface area contributed by atoms with Gasteiger partial charge in [-0.1, -0.05) is 160 Å². The maximum Gasteiger partial charge on any atom is 0.231 e. The molecule has 7 heterocycles. The fraction of sp³-hybridized carbons (Fsp3) is 0.0741. The number of phenols is 2. The number of aromatic amines is 4. The third-order valence-electron chi connectivity index (χ3n) is 16.7. The quantitative estimate of drug-likeness (QED) is 0.0362. The standard InChI is InChI=1S/C18H14BrFN2O2.C17H15BrN2O2.C16H11BrN2O2.C15H11BrN2O2.C15H12ClN3/c19-14-3-1-2-13(8-14)16-10-15(21-22(16)7-6-20)12-4-5-17-18(9-12)24-11-23-17;18-15-3-1-2-11(7-15)16-8-17(20-19-16)12-4-5-13(9-21)14(6-12)10-22;17-12-3-1-2-10(6-12)13-8-14(19-18-13)11-4-5-15-16(7-11)21-9-20-15;16-11-3-1-2-9(6-11)12-8-13(18-17-12)10-4-5-14(19)15(20)7-10;16-12-3-1-2-11(8-12)15-9-14(18-19-15)10-4-6-13(17)7-5-10/h1-5,8-10H,6-7,11H2;1-8,21-22H,9-10H2,(H,19,20);1-8H,9H2,(H,18,19);1-8,19-20H,(H,17,18);1-9H,17H2,(H,18,19). The zero-order chi connectivity index (χ0) is 73.6. The van der Waals surface area contributed by atoms with Crippen LogP contribution in [0.5, 0.6) is 34.5 Å². The first-order chi connectivity index (χ1) is 51.6. The topological polar surface area (TPSA) is 276 Å². The molecule has 19 nitrogen and oxygen atoms in total. The molecule has 0 atom stereocenters. The lowest BCUT2D eigenvalue weighted by molar-refractivity contribution is 0.173. The van der Waals surface area contributed by atoms with Crippen LogP contribution in [0, 0.1) is 0 Å². The average Bonchev–Trinajstić information content (AvgIpc) is 1.65. The molecule has 25 heteroatoms. The Balaban J connectivity index is 0.000000118. The van der Waals surface area contributed by atoms with E-state index in [2.05, 4.69) is 110 Å². The van der Waals surface area contributed by atoms with Gasteiger partial charge in [0.1, 0.15) is 6.67 Å². The van der Waals surface area contributed by atoms with Gasteiger partial charge in [0.05, 0.1) is 76.7 Å². The molecule has 10 N–H and O–H groups in total. The Morgan fingerprint density at radius 2 is 0.783 bits per heavy atom. The summed E-state index contributed by atoms with van der Waals surface area (Å²) in [6, 6.07) is 78.7. The zero-order valence-electron chi connectivity index (χ0n) is 55.9. The predicted octanol–water partition coefficient (Wildman–Crippen LogP) is 20.3. The van der Waals surface area contributed by atoms with Gasteiger partial charge in [-0.15, -0.1) is 0 Å². The summed E-state index contributed by atoms with van der Waals surface area (Å²) in [6.07, 6.45) is 0. The van der Waals surface area contributed by atoms with Gasteiger partial charge in [0, 0.05) is 73.1 Å². The van der Waals surface area contributed by atoms with Crippen molar-refractivity contribution in [3.8, 4) is 147 Å². The maximum atomic E-state index is 12.9. The predicted molar refractivity (Wildman–Crippen MR) is 425 cm³/mol. The lowest BCUT2D eigenvalue weighted by Crippen LogP contribution is -2.03. The van der Waals surface area contributed by atoms with E-state index in [0.29, 0.717) is 10.8 Å². The number of rotatable bonds is 14. The summed E-state index contributed by atoms with van der Waals surface area (Å²) in [5.41, 5.74) is 26.2. The summed E-state index contributed by atoms with van der Waals surface area (Å²) in [5.74, 6) is 2.70. The Labute approximate surface area is 646 Å². The number of nitrogens with zero attached hydrogens (tertiary/aromatic N) is 6. The minimum Gasteiger partial charge on any atom is -0.504 e. The van der Waals surface area contributed by atoms with Crippen LogP contribution in [0.1, 0.15) is 11.1 Å². The van der Waals surface area contributed by atoms with E-state index < -0.39 is 6.67 Å². The minimum absolute atomic E-state index is 0.0809. The third kappa shape index (κ3) is 18.2. The highest BCUT2D eigenvalue weighted by Gasteiger charge is 2.20. The number of nitrogens with two attached hydrogens (primary N) is 1. The number of nitrogens with one attached hydrogen (secondary N) is 4. The summed E-state index contributed by atoms with van der Waals surface area (Å²) < 4.78 is 40.1. The second-order valence-corrected chi connectivity index (χ2v) is 27.9. The maximum absolute atomic E-state index is 12.9. The fourth-order valence-electron chi connectivity index (χ4n) is 11.3.